The molecule has 1 heterocycles. The van der Waals surface area contributed by atoms with Crippen LogP contribution in [0.5, 0.6) is 0 Å². The van der Waals surface area contributed by atoms with Crippen molar-refractivity contribution in [1.82, 2.24) is 4.98 Å². The van der Waals surface area contributed by atoms with Crippen LogP contribution in [-0.2, 0) is 0 Å². The fourth-order valence-electron chi connectivity index (χ4n) is 3.19. The van der Waals surface area contributed by atoms with Crippen LogP contribution in [0, 0.1) is 18.8 Å². The molecule has 0 bridgehead atoms. The zero-order valence-corrected chi connectivity index (χ0v) is 12.5. The number of aromatic carboxylic acids is 1. The molecule has 0 amide bonds. The smallest absolute Gasteiger partial charge is 0.335 e. The minimum atomic E-state index is -0.900. The zero-order valence-electron chi connectivity index (χ0n) is 12.5. The molecule has 1 aromatic rings. The number of hydrogen-bond acceptors (Lipinski definition) is 3. The minimum absolute atomic E-state index is 0.303. The SMILES string of the molecule is Cc1cc(C(=O)O)cc(NC2CCCCC2C(C)C)n1. The van der Waals surface area contributed by atoms with Crippen LogP contribution in [0.15, 0.2) is 12.1 Å². The largest absolute Gasteiger partial charge is 0.478 e. The Morgan fingerprint density at radius 3 is 2.70 bits per heavy atom. The van der Waals surface area contributed by atoms with E-state index in [1.807, 2.05) is 6.92 Å². The number of nitrogens with one attached hydrogen (secondary N) is 1. The molecule has 1 aromatic heterocycles. The monoisotopic (exact) mass is 276 g/mol. The van der Waals surface area contributed by atoms with Crippen molar-refractivity contribution >= 4 is 11.8 Å². The molecule has 2 N–H and O–H groups in total. The lowest BCUT2D eigenvalue weighted by molar-refractivity contribution is 0.0696. The number of carboxylic acids is 1. The van der Waals surface area contributed by atoms with Crippen molar-refractivity contribution in [1.29, 1.82) is 0 Å². The van der Waals surface area contributed by atoms with Gasteiger partial charge < -0.3 is 10.4 Å². The van der Waals surface area contributed by atoms with Crippen molar-refractivity contribution in [2.24, 2.45) is 11.8 Å². The lowest BCUT2D eigenvalue weighted by atomic mass is 9.78. The Bertz CT molecular complexity index is 485. The summed E-state index contributed by atoms with van der Waals surface area (Å²) in [6, 6.07) is 3.65. The third kappa shape index (κ3) is 3.50. The summed E-state index contributed by atoms with van der Waals surface area (Å²) in [6.45, 7) is 6.35. The van der Waals surface area contributed by atoms with Crippen molar-refractivity contribution < 1.29 is 9.90 Å². The van der Waals surface area contributed by atoms with Crippen LogP contribution in [0.1, 0.15) is 55.6 Å². The molecule has 2 atom stereocenters. The Labute approximate surface area is 120 Å². The van der Waals surface area contributed by atoms with Gasteiger partial charge in [-0.05, 0) is 43.7 Å². The van der Waals surface area contributed by atoms with E-state index in [9.17, 15) is 4.79 Å². The number of aromatic nitrogens is 1. The Morgan fingerprint density at radius 2 is 2.05 bits per heavy atom. The van der Waals surface area contributed by atoms with E-state index in [0.717, 1.165) is 12.1 Å². The van der Waals surface area contributed by atoms with E-state index in [1.165, 1.54) is 19.3 Å². The maximum atomic E-state index is 11.1. The van der Waals surface area contributed by atoms with Gasteiger partial charge >= 0.3 is 5.97 Å². The molecule has 20 heavy (non-hydrogen) atoms. The molecule has 4 heteroatoms. The summed E-state index contributed by atoms with van der Waals surface area (Å²) in [6.07, 6.45) is 4.91. The van der Waals surface area contributed by atoms with Gasteiger partial charge in [-0.25, -0.2) is 9.78 Å². The molecule has 1 aliphatic carbocycles. The maximum Gasteiger partial charge on any atom is 0.335 e. The summed E-state index contributed by atoms with van der Waals surface area (Å²) in [7, 11) is 0. The van der Waals surface area contributed by atoms with Crippen LogP contribution in [0.2, 0.25) is 0 Å². The Hall–Kier alpha value is -1.58. The number of aryl methyl sites for hydroxylation is 1. The number of nitrogens with zero attached hydrogens (tertiary/aromatic N) is 1. The second-order valence-corrected chi connectivity index (χ2v) is 6.13. The predicted octanol–water partition coefficient (Wildman–Crippen LogP) is 3.71. The zero-order chi connectivity index (χ0) is 14.7. The third-order valence-corrected chi connectivity index (χ3v) is 4.21. The van der Waals surface area contributed by atoms with Crippen molar-refractivity contribution in [2.75, 3.05) is 5.32 Å². The predicted molar refractivity (Wildman–Crippen MR) is 80.1 cm³/mol. The van der Waals surface area contributed by atoms with E-state index in [1.54, 1.807) is 12.1 Å². The van der Waals surface area contributed by atoms with Crippen LogP contribution in [0.3, 0.4) is 0 Å². The van der Waals surface area contributed by atoms with E-state index in [-0.39, 0.29) is 0 Å². The van der Waals surface area contributed by atoms with Crippen molar-refractivity contribution in [3.8, 4) is 0 Å². The van der Waals surface area contributed by atoms with Gasteiger partial charge in [-0.3, -0.25) is 0 Å². The Kier molecular flexibility index (Phi) is 4.63. The van der Waals surface area contributed by atoms with Crippen LogP contribution in [0.25, 0.3) is 0 Å². The average molecular weight is 276 g/mol. The molecule has 0 saturated heterocycles. The number of hydrogen-bond donors (Lipinski definition) is 2. The highest BCUT2D eigenvalue weighted by Crippen LogP contribution is 2.32. The standard InChI is InChI=1S/C16H24N2O2/c1-10(2)13-6-4-5-7-14(13)18-15-9-12(16(19)20)8-11(3)17-15/h8-10,13-14H,4-7H2,1-3H3,(H,17,18)(H,19,20). The van der Waals surface area contributed by atoms with Gasteiger partial charge in [0.2, 0.25) is 0 Å². The number of rotatable bonds is 4. The third-order valence-electron chi connectivity index (χ3n) is 4.21. The summed E-state index contributed by atoms with van der Waals surface area (Å²) in [5.74, 6) is 1.07. The second-order valence-electron chi connectivity index (χ2n) is 6.13. The average Bonchev–Trinajstić information content (AvgIpc) is 2.38. The lowest BCUT2D eigenvalue weighted by Gasteiger charge is -2.35. The van der Waals surface area contributed by atoms with Gasteiger partial charge in [-0.2, -0.15) is 0 Å². The molecule has 2 unspecified atom stereocenters. The summed E-state index contributed by atoms with van der Waals surface area (Å²) in [5, 5.41) is 12.6. The first-order valence-corrected chi connectivity index (χ1v) is 7.46. The summed E-state index contributed by atoms with van der Waals surface area (Å²) < 4.78 is 0. The molecule has 110 valence electrons. The molecule has 0 radical (unpaired) electrons. The molecule has 4 nitrogen and oxygen atoms in total. The van der Waals surface area contributed by atoms with Crippen molar-refractivity contribution in [2.45, 2.75) is 52.5 Å². The van der Waals surface area contributed by atoms with E-state index in [2.05, 4.69) is 24.1 Å². The number of pyridine rings is 1. The first-order valence-electron chi connectivity index (χ1n) is 7.46. The first-order chi connectivity index (χ1) is 9.47. The first kappa shape index (κ1) is 14.8. The van der Waals surface area contributed by atoms with Crippen LogP contribution < -0.4 is 5.32 Å². The summed E-state index contributed by atoms with van der Waals surface area (Å²) in [4.78, 5) is 15.5. The molecule has 0 aliphatic heterocycles. The van der Waals surface area contributed by atoms with Gasteiger partial charge in [-0.1, -0.05) is 26.7 Å². The highest BCUT2D eigenvalue weighted by molar-refractivity contribution is 5.88. The summed E-state index contributed by atoms with van der Waals surface area (Å²) >= 11 is 0. The van der Waals surface area contributed by atoms with E-state index in [0.29, 0.717) is 29.3 Å². The number of carboxylic acid groups (broad SMARTS) is 1. The van der Waals surface area contributed by atoms with Gasteiger partial charge in [-0.15, -0.1) is 0 Å². The highest BCUT2D eigenvalue weighted by atomic mass is 16.4. The van der Waals surface area contributed by atoms with Crippen LogP contribution >= 0.6 is 0 Å². The highest BCUT2D eigenvalue weighted by Gasteiger charge is 2.27. The van der Waals surface area contributed by atoms with Gasteiger partial charge in [0.05, 0.1) is 5.56 Å². The maximum absolute atomic E-state index is 11.1. The van der Waals surface area contributed by atoms with Gasteiger partial charge in [0.25, 0.3) is 0 Å². The van der Waals surface area contributed by atoms with Gasteiger partial charge in [0.1, 0.15) is 5.82 Å². The van der Waals surface area contributed by atoms with E-state index < -0.39 is 5.97 Å². The molecule has 1 fully saturated rings. The van der Waals surface area contributed by atoms with E-state index >= 15 is 0 Å². The number of anilines is 1. The molecule has 1 saturated carbocycles. The number of carbonyl (C=O) groups is 1. The van der Waals surface area contributed by atoms with Crippen LogP contribution in [0.4, 0.5) is 5.82 Å². The normalized spacial score (nSPS) is 22.8. The Morgan fingerprint density at radius 1 is 1.35 bits per heavy atom. The fourth-order valence-corrected chi connectivity index (χ4v) is 3.19. The van der Waals surface area contributed by atoms with Gasteiger partial charge in [0, 0.05) is 11.7 Å². The molecular weight excluding hydrogens is 252 g/mol. The topological polar surface area (TPSA) is 62.2 Å². The second kappa shape index (κ2) is 6.25. The fraction of sp³-hybridized carbons (Fsp3) is 0.625. The minimum Gasteiger partial charge on any atom is -0.478 e. The molecule has 2 rings (SSSR count). The van der Waals surface area contributed by atoms with Crippen molar-refractivity contribution in [3.63, 3.8) is 0 Å². The van der Waals surface area contributed by atoms with Crippen LogP contribution in [-0.4, -0.2) is 22.1 Å². The van der Waals surface area contributed by atoms with Gasteiger partial charge in [0.15, 0.2) is 0 Å². The van der Waals surface area contributed by atoms with Crippen molar-refractivity contribution in [3.05, 3.63) is 23.4 Å². The molecule has 1 aliphatic rings. The quantitative estimate of drug-likeness (QED) is 0.880. The summed E-state index contributed by atoms with van der Waals surface area (Å²) in [5.41, 5.74) is 1.04. The molecule has 0 aromatic carbocycles. The molecule has 0 spiro atoms. The lowest BCUT2D eigenvalue weighted by Crippen LogP contribution is -2.35. The molecular formula is C16H24N2O2. The Balaban J connectivity index is 2.17. The van der Waals surface area contributed by atoms with E-state index in [4.69, 9.17) is 5.11 Å².